The molecule has 1 aromatic rings. The molecular formula is C15H20FNO2. The summed E-state index contributed by atoms with van der Waals surface area (Å²) in [5.74, 6) is 0.908. The van der Waals surface area contributed by atoms with Gasteiger partial charge in [-0.1, -0.05) is 19.9 Å². The van der Waals surface area contributed by atoms with E-state index in [0.29, 0.717) is 17.2 Å². The lowest BCUT2D eigenvalue weighted by molar-refractivity contribution is -0.00787. The van der Waals surface area contributed by atoms with Crippen LogP contribution >= 0.6 is 0 Å². The number of nitrogens with zero attached hydrogens (tertiary/aromatic N) is 1. The molecule has 1 fully saturated rings. The molecular weight excluding hydrogens is 245 g/mol. The molecule has 0 aliphatic carbocycles. The van der Waals surface area contributed by atoms with Gasteiger partial charge in [-0.2, -0.15) is 0 Å². The molecule has 0 atom stereocenters. The number of carbonyl (C=O) groups excluding carboxylic acids is 1. The molecule has 3 nitrogen and oxygen atoms in total. The summed E-state index contributed by atoms with van der Waals surface area (Å²) in [6.45, 7) is 5.99. The van der Waals surface area contributed by atoms with E-state index in [-0.39, 0.29) is 19.0 Å². The number of benzene rings is 1. The quantitative estimate of drug-likeness (QED) is 0.840. The van der Waals surface area contributed by atoms with Crippen LogP contribution in [0.15, 0.2) is 18.2 Å². The van der Waals surface area contributed by atoms with E-state index in [1.54, 1.807) is 19.2 Å². The van der Waals surface area contributed by atoms with Gasteiger partial charge in [0.25, 0.3) is 5.91 Å². The van der Waals surface area contributed by atoms with Gasteiger partial charge in [0.2, 0.25) is 0 Å². The van der Waals surface area contributed by atoms with E-state index in [4.69, 9.17) is 4.74 Å². The van der Waals surface area contributed by atoms with Gasteiger partial charge in [0.1, 0.15) is 11.4 Å². The van der Waals surface area contributed by atoms with E-state index >= 15 is 0 Å². The van der Waals surface area contributed by atoms with Crippen LogP contribution in [0.25, 0.3) is 0 Å². The number of halogens is 1. The molecule has 1 saturated heterocycles. The smallest absolute Gasteiger partial charge is 0.254 e. The van der Waals surface area contributed by atoms with E-state index in [9.17, 15) is 9.18 Å². The predicted molar refractivity (Wildman–Crippen MR) is 72.5 cm³/mol. The zero-order valence-electron chi connectivity index (χ0n) is 11.9. The third kappa shape index (κ3) is 2.72. The zero-order chi connectivity index (χ0) is 14.2. The van der Waals surface area contributed by atoms with E-state index in [1.807, 2.05) is 6.07 Å². The Hall–Kier alpha value is -1.58. The molecule has 2 rings (SSSR count). The average Bonchev–Trinajstić information content (AvgIpc) is 2.33. The van der Waals surface area contributed by atoms with Gasteiger partial charge in [-0.3, -0.25) is 4.79 Å². The van der Waals surface area contributed by atoms with Gasteiger partial charge in [-0.05, 0) is 30.5 Å². The van der Waals surface area contributed by atoms with E-state index in [2.05, 4.69) is 13.8 Å². The Morgan fingerprint density at radius 2 is 2.05 bits per heavy atom. The van der Waals surface area contributed by atoms with Crippen molar-refractivity contribution in [3.63, 3.8) is 0 Å². The summed E-state index contributed by atoms with van der Waals surface area (Å²) in [4.78, 5) is 13.7. The lowest BCUT2D eigenvalue weighted by Gasteiger charge is -2.42. The normalized spacial score (nSPS) is 17.3. The van der Waals surface area contributed by atoms with Crippen molar-refractivity contribution in [1.82, 2.24) is 4.90 Å². The van der Waals surface area contributed by atoms with Crippen LogP contribution < -0.4 is 4.74 Å². The minimum absolute atomic E-state index is 0.135. The van der Waals surface area contributed by atoms with Crippen LogP contribution in [0.2, 0.25) is 0 Å². The van der Waals surface area contributed by atoms with Crippen molar-refractivity contribution in [3.8, 4) is 5.75 Å². The van der Waals surface area contributed by atoms with Crippen molar-refractivity contribution in [2.75, 3.05) is 20.2 Å². The SMILES string of the molecule is COc1cc(C(=O)N2CC(C)(F)C2)ccc1C(C)C. The monoisotopic (exact) mass is 265 g/mol. The largest absolute Gasteiger partial charge is 0.496 e. The third-order valence-corrected chi connectivity index (χ3v) is 3.43. The third-order valence-electron chi connectivity index (χ3n) is 3.43. The molecule has 0 unspecified atom stereocenters. The van der Waals surface area contributed by atoms with E-state index in [1.165, 1.54) is 11.8 Å². The van der Waals surface area contributed by atoms with Crippen LogP contribution in [0.5, 0.6) is 5.75 Å². The fourth-order valence-electron chi connectivity index (χ4n) is 2.40. The Morgan fingerprint density at radius 1 is 1.42 bits per heavy atom. The van der Waals surface area contributed by atoms with Gasteiger partial charge in [-0.15, -0.1) is 0 Å². The molecule has 0 N–H and O–H groups in total. The summed E-state index contributed by atoms with van der Waals surface area (Å²) in [6.07, 6.45) is 0. The Bertz CT molecular complexity index is 489. The van der Waals surface area contributed by atoms with Crippen molar-refractivity contribution in [1.29, 1.82) is 0 Å². The summed E-state index contributed by atoms with van der Waals surface area (Å²) in [7, 11) is 1.59. The van der Waals surface area contributed by atoms with Crippen molar-refractivity contribution < 1.29 is 13.9 Å². The lowest BCUT2D eigenvalue weighted by Crippen LogP contribution is -2.59. The molecule has 0 radical (unpaired) electrons. The number of rotatable bonds is 3. The standard InChI is InChI=1S/C15H20FNO2/c1-10(2)12-6-5-11(7-13(12)19-4)14(18)17-8-15(3,16)9-17/h5-7,10H,8-9H2,1-4H3. The Morgan fingerprint density at radius 3 is 2.53 bits per heavy atom. The Kier molecular flexibility index (Phi) is 3.52. The molecule has 1 aliphatic heterocycles. The Balaban J connectivity index is 2.20. The molecule has 104 valence electrons. The van der Waals surface area contributed by atoms with Crippen molar-refractivity contribution in [2.24, 2.45) is 0 Å². The van der Waals surface area contributed by atoms with Crippen molar-refractivity contribution in [2.45, 2.75) is 32.4 Å². The predicted octanol–water partition coefficient (Wildman–Crippen LogP) is 3.00. The zero-order valence-corrected chi connectivity index (χ0v) is 11.9. The first kappa shape index (κ1) is 13.8. The summed E-state index contributed by atoms with van der Waals surface area (Å²) in [5.41, 5.74) is 0.382. The van der Waals surface area contributed by atoms with Crippen LogP contribution in [0.3, 0.4) is 0 Å². The number of ether oxygens (including phenoxy) is 1. The number of amides is 1. The maximum absolute atomic E-state index is 13.4. The summed E-state index contributed by atoms with van der Waals surface area (Å²) >= 11 is 0. The number of hydrogen-bond donors (Lipinski definition) is 0. The van der Waals surface area contributed by atoms with Crippen molar-refractivity contribution in [3.05, 3.63) is 29.3 Å². The molecule has 0 saturated carbocycles. The van der Waals surface area contributed by atoms with Crippen LogP contribution in [-0.4, -0.2) is 36.7 Å². The fraction of sp³-hybridized carbons (Fsp3) is 0.533. The van der Waals surface area contributed by atoms with E-state index in [0.717, 1.165) is 5.56 Å². The van der Waals surface area contributed by atoms with Crippen LogP contribution in [0.4, 0.5) is 4.39 Å². The first-order valence-electron chi connectivity index (χ1n) is 6.50. The molecule has 1 aromatic carbocycles. The first-order valence-corrected chi connectivity index (χ1v) is 6.50. The summed E-state index contributed by atoms with van der Waals surface area (Å²) in [5, 5.41) is 0. The maximum atomic E-state index is 13.4. The van der Waals surface area contributed by atoms with Crippen LogP contribution in [-0.2, 0) is 0 Å². The van der Waals surface area contributed by atoms with Gasteiger partial charge in [0, 0.05) is 5.56 Å². The van der Waals surface area contributed by atoms with Gasteiger partial charge in [-0.25, -0.2) is 4.39 Å². The number of carbonyl (C=O) groups is 1. The fourth-order valence-corrected chi connectivity index (χ4v) is 2.40. The number of hydrogen-bond acceptors (Lipinski definition) is 2. The lowest BCUT2D eigenvalue weighted by atomic mass is 9.96. The molecule has 0 spiro atoms. The molecule has 0 bridgehead atoms. The number of likely N-dealkylation sites (tertiary alicyclic amines) is 1. The summed E-state index contributed by atoms with van der Waals surface area (Å²) in [6, 6.07) is 5.44. The molecule has 1 amide bonds. The van der Waals surface area contributed by atoms with Crippen molar-refractivity contribution >= 4 is 5.91 Å². The van der Waals surface area contributed by atoms with E-state index < -0.39 is 5.67 Å². The molecule has 0 aromatic heterocycles. The minimum Gasteiger partial charge on any atom is -0.496 e. The second-order valence-corrected chi connectivity index (χ2v) is 5.69. The number of alkyl halides is 1. The topological polar surface area (TPSA) is 29.5 Å². The molecule has 19 heavy (non-hydrogen) atoms. The van der Waals surface area contributed by atoms with Gasteiger partial charge in [0.05, 0.1) is 20.2 Å². The highest BCUT2D eigenvalue weighted by Crippen LogP contribution is 2.30. The van der Waals surface area contributed by atoms with Gasteiger partial charge >= 0.3 is 0 Å². The highest BCUT2D eigenvalue weighted by molar-refractivity contribution is 5.95. The maximum Gasteiger partial charge on any atom is 0.254 e. The molecule has 1 heterocycles. The minimum atomic E-state index is -1.24. The average molecular weight is 265 g/mol. The second-order valence-electron chi connectivity index (χ2n) is 5.69. The van der Waals surface area contributed by atoms with Gasteiger partial charge in [0.15, 0.2) is 0 Å². The van der Waals surface area contributed by atoms with Crippen LogP contribution in [0.1, 0.15) is 42.6 Å². The second kappa shape index (κ2) is 4.83. The highest BCUT2D eigenvalue weighted by atomic mass is 19.1. The molecule has 4 heteroatoms. The van der Waals surface area contributed by atoms with Crippen LogP contribution in [0, 0.1) is 0 Å². The van der Waals surface area contributed by atoms with Gasteiger partial charge < -0.3 is 9.64 Å². The molecule has 1 aliphatic rings. The number of methoxy groups -OCH3 is 1. The highest BCUT2D eigenvalue weighted by Gasteiger charge is 2.41. The summed E-state index contributed by atoms with van der Waals surface area (Å²) < 4.78 is 18.8. The Labute approximate surface area is 113 Å². The first-order chi connectivity index (χ1) is 8.84.